The van der Waals surface area contributed by atoms with Crippen LogP contribution >= 0.6 is 22.9 Å². The molecule has 6 heteroatoms. The number of anilines is 1. The molecule has 1 aromatic rings. The number of halogens is 1. The largest absolute Gasteiger partial charge is 0.393 e. The molecule has 0 aliphatic rings. The van der Waals surface area contributed by atoms with Crippen LogP contribution in [0.5, 0.6) is 0 Å². The Kier molecular flexibility index (Phi) is 4.14. The summed E-state index contributed by atoms with van der Waals surface area (Å²) < 4.78 is 0. The van der Waals surface area contributed by atoms with E-state index in [9.17, 15) is 0 Å². The van der Waals surface area contributed by atoms with Crippen LogP contribution in [0.15, 0.2) is 0 Å². The van der Waals surface area contributed by atoms with Gasteiger partial charge < -0.3 is 10.4 Å². The van der Waals surface area contributed by atoms with E-state index in [-0.39, 0.29) is 11.3 Å². The Bertz CT molecular complexity index is 345. The fourth-order valence-electron chi connectivity index (χ4n) is 0.834. The van der Waals surface area contributed by atoms with Crippen molar-refractivity contribution in [1.82, 2.24) is 4.98 Å². The molecular formula is C8H10ClN3OS. The third kappa shape index (κ3) is 3.14. The molecule has 0 aliphatic heterocycles. The Morgan fingerprint density at radius 2 is 2.50 bits per heavy atom. The van der Waals surface area contributed by atoms with Gasteiger partial charge >= 0.3 is 0 Å². The van der Waals surface area contributed by atoms with Gasteiger partial charge in [-0.25, -0.2) is 4.98 Å². The zero-order valence-electron chi connectivity index (χ0n) is 7.62. The van der Waals surface area contributed by atoms with E-state index in [2.05, 4.69) is 10.3 Å². The van der Waals surface area contributed by atoms with Crippen molar-refractivity contribution in [3.05, 3.63) is 10.0 Å². The SMILES string of the molecule is CC(O)CCNc1nc(Cl)c(C#N)s1. The summed E-state index contributed by atoms with van der Waals surface area (Å²) in [6.45, 7) is 2.34. The third-order valence-electron chi connectivity index (χ3n) is 1.53. The van der Waals surface area contributed by atoms with Gasteiger partial charge in [0.1, 0.15) is 10.9 Å². The summed E-state index contributed by atoms with van der Waals surface area (Å²) in [5.41, 5.74) is 0. The van der Waals surface area contributed by atoms with E-state index in [1.54, 1.807) is 6.92 Å². The molecule has 0 bridgehead atoms. The van der Waals surface area contributed by atoms with Crippen molar-refractivity contribution in [2.24, 2.45) is 0 Å². The molecule has 4 nitrogen and oxygen atoms in total. The Morgan fingerprint density at radius 3 is 3.00 bits per heavy atom. The average Bonchev–Trinajstić information content (AvgIpc) is 2.45. The van der Waals surface area contributed by atoms with Crippen molar-refractivity contribution in [3.8, 4) is 6.07 Å². The molecule has 2 N–H and O–H groups in total. The summed E-state index contributed by atoms with van der Waals surface area (Å²) in [6, 6.07) is 1.95. The fourth-order valence-corrected chi connectivity index (χ4v) is 1.81. The van der Waals surface area contributed by atoms with Gasteiger partial charge in [-0.05, 0) is 13.3 Å². The summed E-state index contributed by atoms with van der Waals surface area (Å²) in [4.78, 5) is 4.36. The summed E-state index contributed by atoms with van der Waals surface area (Å²) in [6.07, 6.45) is 0.299. The molecule has 0 aromatic carbocycles. The van der Waals surface area contributed by atoms with Gasteiger partial charge in [0.15, 0.2) is 10.3 Å². The first-order chi connectivity index (χ1) is 6.63. The number of nitrogens with zero attached hydrogens (tertiary/aromatic N) is 2. The zero-order chi connectivity index (χ0) is 10.6. The number of hydrogen-bond donors (Lipinski definition) is 2. The highest BCUT2D eigenvalue weighted by Crippen LogP contribution is 2.25. The highest BCUT2D eigenvalue weighted by atomic mass is 35.5. The predicted molar refractivity (Wildman–Crippen MR) is 56.6 cm³/mol. The highest BCUT2D eigenvalue weighted by Gasteiger charge is 2.07. The lowest BCUT2D eigenvalue weighted by atomic mass is 10.3. The van der Waals surface area contributed by atoms with E-state index in [0.29, 0.717) is 23.0 Å². The van der Waals surface area contributed by atoms with E-state index in [4.69, 9.17) is 22.0 Å². The van der Waals surface area contributed by atoms with Crippen LogP contribution in [0.2, 0.25) is 5.15 Å². The first-order valence-electron chi connectivity index (χ1n) is 4.12. The Labute approximate surface area is 91.2 Å². The van der Waals surface area contributed by atoms with Crippen molar-refractivity contribution in [1.29, 1.82) is 5.26 Å². The molecular weight excluding hydrogens is 222 g/mol. The Hall–Kier alpha value is -0.830. The van der Waals surface area contributed by atoms with Crippen LogP contribution < -0.4 is 5.32 Å². The summed E-state index contributed by atoms with van der Waals surface area (Å²) in [5.74, 6) is 0. The lowest BCUT2D eigenvalue weighted by molar-refractivity contribution is 0.189. The molecule has 1 heterocycles. The maximum absolute atomic E-state index is 9.00. The number of aromatic nitrogens is 1. The predicted octanol–water partition coefficient (Wildman–Crippen LogP) is 1.85. The molecule has 0 amide bonds. The maximum Gasteiger partial charge on any atom is 0.185 e. The second kappa shape index (κ2) is 5.15. The van der Waals surface area contributed by atoms with Gasteiger partial charge in [-0.2, -0.15) is 5.26 Å². The lowest BCUT2D eigenvalue weighted by Gasteiger charge is -2.03. The highest BCUT2D eigenvalue weighted by molar-refractivity contribution is 7.16. The van der Waals surface area contributed by atoms with E-state index in [1.807, 2.05) is 6.07 Å². The molecule has 0 spiro atoms. The normalized spacial score (nSPS) is 12.1. The topological polar surface area (TPSA) is 68.9 Å². The minimum absolute atomic E-state index is 0.233. The Morgan fingerprint density at radius 1 is 1.79 bits per heavy atom. The number of nitrogens with one attached hydrogen (secondary N) is 1. The molecule has 1 rings (SSSR count). The van der Waals surface area contributed by atoms with Crippen LogP contribution in [-0.4, -0.2) is 22.7 Å². The molecule has 76 valence electrons. The average molecular weight is 232 g/mol. The number of aliphatic hydroxyl groups excluding tert-OH is 1. The monoisotopic (exact) mass is 231 g/mol. The quantitative estimate of drug-likeness (QED) is 0.830. The van der Waals surface area contributed by atoms with Crippen LogP contribution in [0.25, 0.3) is 0 Å². The van der Waals surface area contributed by atoms with Crippen molar-refractivity contribution < 1.29 is 5.11 Å². The number of thiazole rings is 1. The van der Waals surface area contributed by atoms with Gasteiger partial charge in [0, 0.05) is 6.54 Å². The van der Waals surface area contributed by atoms with Crippen LogP contribution in [0.4, 0.5) is 5.13 Å². The van der Waals surface area contributed by atoms with Crippen molar-refractivity contribution >= 4 is 28.1 Å². The standard InChI is InChI=1S/C8H10ClN3OS/c1-5(13)2-3-11-8-12-7(9)6(4-10)14-8/h5,13H,2-3H2,1H3,(H,11,12). The third-order valence-corrected chi connectivity index (χ3v) is 2.83. The van der Waals surface area contributed by atoms with Gasteiger partial charge in [0.25, 0.3) is 0 Å². The maximum atomic E-state index is 9.00. The van der Waals surface area contributed by atoms with Gasteiger partial charge in [-0.1, -0.05) is 22.9 Å². The van der Waals surface area contributed by atoms with E-state index >= 15 is 0 Å². The summed E-state index contributed by atoms with van der Waals surface area (Å²) >= 11 is 6.89. The number of rotatable bonds is 4. The van der Waals surface area contributed by atoms with Gasteiger partial charge in [0.2, 0.25) is 0 Å². The van der Waals surface area contributed by atoms with E-state index < -0.39 is 0 Å². The fraction of sp³-hybridized carbons (Fsp3) is 0.500. The molecule has 1 unspecified atom stereocenters. The molecule has 0 fully saturated rings. The lowest BCUT2D eigenvalue weighted by Crippen LogP contribution is -2.09. The first kappa shape index (κ1) is 11.2. The molecule has 0 aliphatic carbocycles. The van der Waals surface area contributed by atoms with Crippen LogP contribution in [0.3, 0.4) is 0 Å². The molecule has 1 atom stereocenters. The van der Waals surface area contributed by atoms with Gasteiger partial charge in [-0.3, -0.25) is 0 Å². The van der Waals surface area contributed by atoms with Crippen LogP contribution in [-0.2, 0) is 0 Å². The smallest absolute Gasteiger partial charge is 0.185 e. The van der Waals surface area contributed by atoms with Crippen molar-refractivity contribution in [2.45, 2.75) is 19.4 Å². The number of hydrogen-bond acceptors (Lipinski definition) is 5. The molecule has 0 radical (unpaired) electrons. The first-order valence-corrected chi connectivity index (χ1v) is 5.31. The van der Waals surface area contributed by atoms with Gasteiger partial charge in [0.05, 0.1) is 6.10 Å². The number of nitriles is 1. The molecule has 0 saturated carbocycles. The molecule has 14 heavy (non-hydrogen) atoms. The van der Waals surface area contributed by atoms with Gasteiger partial charge in [-0.15, -0.1) is 0 Å². The second-order valence-corrected chi connectivity index (χ2v) is 4.17. The van der Waals surface area contributed by atoms with E-state index in [1.165, 1.54) is 11.3 Å². The van der Waals surface area contributed by atoms with Crippen molar-refractivity contribution in [2.75, 3.05) is 11.9 Å². The van der Waals surface area contributed by atoms with Crippen LogP contribution in [0, 0.1) is 11.3 Å². The summed E-state index contributed by atoms with van der Waals surface area (Å²) in [5, 5.41) is 21.4. The number of aliphatic hydroxyl groups is 1. The zero-order valence-corrected chi connectivity index (χ0v) is 9.19. The summed E-state index contributed by atoms with van der Waals surface area (Å²) in [7, 11) is 0. The van der Waals surface area contributed by atoms with Crippen LogP contribution in [0.1, 0.15) is 18.2 Å². The van der Waals surface area contributed by atoms with Crippen molar-refractivity contribution in [3.63, 3.8) is 0 Å². The second-order valence-electron chi connectivity index (χ2n) is 2.82. The van der Waals surface area contributed by atoms with E-state index in [0.717, 1.165) is 0 Å². The minimum Gasteiger partial charge on any atom is -0.393 e. The Balaban J connectivity index is 2.48. The minimum atomic E-state index is -0.339. The molecule has 1 aromatic heterocycles. The molecule has 0 saturated heterocycles.